The molecule has 0 radical (unpaired) electrons. The SMILES string of the molecule is NC1CCC(Nc2nc(NC3CCN(C(=O)c4cccs4)CC3)c3ncn(C4CCCC4)c3n2)CC1. The number of fused-ring (bicyclic) bond motifs is 1. The van der Waals surface area contributed by atoms with Gasteiger partial charge in [0.15, 0.2) is 17.0 Å². The molecule has 10 heteroatoms. The fourth-order valence-corrected chi connectivity index (χ4v) is 6.64. The van der Waals surface area contributed by atoms with Gasteiger partial charge >= 0.3 is 0 Å². The lowest BCUT2D eigenvalue weighted by Gasteiger charge is -2.32. The molecule has 0 spiro atoms. The van der Waals surface area contributed by atoms with Gasteiger partial charge in [-0.2, -0.15) is 9.97 Å². The van der Waals surface area contributed by atoms with Crippen LogP contribution >= 0.6 is 11.3 Å². The van der Waals surface area contributed by atoms with Gasteiger partial charge in [-0.05, 0) is 62.8 Å². The number of amides is 1. The number of anilines is 2. The number of imidazole rings is 1. The van der Waals surface area contributed by atoms with Crippen LogP contribution in [0.5, 0.6) is 0 Å². The van der Waals surface area contributed by atoms with Gasteiger partial charge < -0.3 is 25.8 Å². The van der Waals surface area contributed by atoms with Gasteiger partial charge in [0, 0.05) is 37.3 Å². The molecule has 36 heavy (non-hydrogen) atoms. The van der Waals surface area contributed by atoms with E-state index in [4.69, 9.17) is 20.7 Å². The highest BCUT2D eigenvalue weighted by atomic mass is 32.1. The van der Waals surface area contributed by atoms with Crippen molar-refractivity contribution in [2.45, 2.75) is 88.4 Å². The first-order valence-corrected chi connectivity index (χ1v) is 14.4. The Labute approximate surface area is 215 Å². The third-order valence-corrected chi connectivity index (χ3v) is 8.96. The highest BCUT2D eigenvalue weighted by molar-refractivity contribution is 7.12. The molecule has 2 aliphatic carbocycles. The van der Waals surface area contributed by atoms with Gasteiger partial charge in [-0.3, -0.25) is 4.79 Å². The topological polar surface area (TPSA) is 114 Å². The van der Waals surface area contributed by atoms with Crippen molar-refractivity contribution in [3.63, 3.8) is 0 Å². The first-order chi connectivity index (χ1) is 17.6. The summed E-state index contributed by atoms with van der Waals surface area (Å²) in [6.07, 6.45) is 12.8. The van der Waals surface area contributed by atoms with E-state index in [9.17, 15) is 4.79 Å². The van der Waals surface area contributed by atoms with Gasteiger partial charge in [0.1, 0.15) is 0 Å². The lowest BCUT2D eigenvalue weighted by Crippen LogP contribution is -2.42. The Hall–Kier alpha value is -2.72. The molecule has 3 aromatic rings. The molecule has 3 aromatic heterocycles. The number of likely N-dealkylation sites (tertiary alicyclic amines) is 1. The van der Waals surface area contributed by atoms with Crippen LogP contribution in [0.25, 0.3) is 11.2 Å². The van der Waals surface area contributed by atoms with E-state index in [1.807, 2.05) is 28.7 Å². The first kappa shape index (κ1) is 23.7. The second kappa shape index (κ2) is 10.3. The minimum Gasteiger partial charge on any atom is -0.365 e. The van der Waals surface area contributed by atoms with Gasteiger partial charge in [-0.1, -0.05) is 18.9 Å². The molecule has 0 atom stereocenters. The fraction of sp³-hybridized carbons (Fsp3) is 0.615. The molecule has 0 aromatic carbocycles. The van der Waals surface area contributed by atoms with E-state index in [0.29, 0.717) is 24.1 Å². The smallest absolute Gasteiger partial charge is 0.263 e. The maximum atomic E-state index is 12.7. The predicted molar refractivity (Wildman–Crippen MR) is 144 cm³/mol. The average molecular weight is 509 g/mol. The molecule has 1 aliphatic heterocycles. The number of hydrogen-bond donors (Lipinski definition) is 3. The molecule has 9 nitrogen and oxygen atoms in total. The molecule has 3 aliphatic rings. The van der Waals surface area contributed by atoms with Gasteiger partial charge in [0.05, 0.1) is 11.2 Å². The standard InChI is InChI=1S/C26H36N8OS/c27-17-7-9-18(10-8-17)30-26-31-23(22-24(32-26)34(16-28-22)20-4-1-2-5-20)29-19-11-13-33(14-12-19)25(35)21-6-3-15-36-21/h3,6,15-20H,1-2,4-5,7-14,27H2,(H2,29,30,31,32). The Morgan fingerprint density at radius 2 is 1.72 bits per heavy atom. The van der Waals surface area contributed by atoms with Gasteiger partial charge in [-0.15, -0.1) is 11.3 Å². The molecule has 0 unspecified atom stereocenters. The van der Waals surface area contributed by atoms with Crippen LogP contribution in [-0.4, -0.2) is 61.5 Å². The maximum absolute atomic E-state index is 12.7. The fourth-order valence-electron chi connectivity index (χ4n) is 5.95. The van der Waals surface area contributed by atoms with Crippen molar-refractivity contribution >= 4 is 40.2 Å². The summed E-state index contributed by atoms with van der Waals surface area (Å²) in [4.78, 5) is 30.2. The second-order valence-corrected chi connectivity index (χ2v) is 11.6. The third-order valence-electron chi connectivity index (χ3n) is 8.10. The van der Waals surface area contributed by atoms with Gasteiger partial charge in [0.25, 0.3) is 5.91 Å². The normalized spacial score (nSPS) is 23.9. The number of rotatable bonds is 6. The van der Waals surface area contributed by atoms with E-state index < -0.39 is 0 Å². The van der Waals surface area contributed by atoms with Crippen LogP contribution in [0.2, 0.25) is 0 Å². The van der Waals surface area contributed by atoms with Crippen molar-refractivity contribution in [1.82, 2.24) is 24.4 Å². The van der Waals surface area contributed by atoms with E-state index in [1.54, 1.807) is 0 Å². The van der Waals surface area contributed by atoms with Crippen LogP contribution in [0.1, 0.15) is 79.9 Å². The zero-order chi connectivity index (χ0) is 24.5. The molecule has 4 heterocycles. The number of aromatic nitrogens is 4. The van der Waals surface area contributed by atoms with E-state index in [2.05, 4.69) is 15.2 Å². The maximum Gasteiger partial charge on any atom is 0.263 e. The van der Waals surface area contributed by atoms with Crippen molar-refractivity contribution in [3.8, 4) is 0 Å². The summed E-state index contributed by atoms with van der Waals surface area (Å²) in [6, 6.07) is 5.21. The number of nitrogens with one attached hydrogen (secondary N) is 2. The van der Waals surface area contributed by atoms with E-state index in [-0.39, 0.29) is 11.9 Å². The van der Waals surface area contributed by atoms with E-state index in [0.717, 1.165) is 73.5 Å². The monoisotopic (exact) mass is 508 g/mol. The van der Waals surface area contributed by atoms with Crippen LogP contribution in [0.4, 0.5) is 11.8 Å². The van der Waals surface area contributed by atoms with E-state index in [1.165, 1.54) is 37.0 Å². The van der Waals surface area contributed by atoms with Gasteiger partial charge in [0.2, 0.25) is 5.95 Å². The number of hydrogen-bond acceptors (Lipinski definition) is 8. The largest absolute Gasteiger partial charge is 0.365 e. The molecule has 192 valence electrons. The average Bonchev–Trinajstić information content (AvgIpc) is 3.67. The highest BCUT2D eigenvalue weighted by Gasteiger charge is 2.27. The number of carbonyl (C=O) groups is 1. The molecule has 2 saturated carbocycles. The summed E-state index contributed by atoms with van der Waals surface area (Å²) in [5, 5.41) is 9.25. The van der Waals surface area contributed by atoms with Crippen molar-refractivity contribution in [1.29, 1.82) is 0 Å². The molecule has 4 N–H and O–H groups in total. The van der Waals surface area contributed by atoms with Crippen LogP contribution in [-0.2, 0) is 0 Å². The summed E-state index contributed by atoms with van der Waals surface area (Å²) in [5.74, 6) is 1.62. The van der Waals surface area contributed by atoms with Crippen molar-refractivity contribution in [2.75, 3.05) is 23.7 Å². The van der Waals surface area contributed by atoms with Crippen LogP contribution in [0.3, 0.4) is 0 Å². The van der Waals surface area contributed by atoms with E-state index >= 15 is 0 Å². The Morgan fingerprint density at radius 1 is 0.972 bits per heavy atom. The summed E-state index contributed by atoms with van der Waals surface area (Å²) in [7, 11) is 0. The zero-order valence-corrected chi connectivity index (χ0v) is 21.6. The molecular formula is C26H36N8OS. The summed E-state index contributed by atoms with van der Waals surface area (Å²) in [5.41, 5.74) is 7.88. The highest BCUT2D eigenvalue weighted by Crippen LogP contribution is 2.34. The molecular weight excluding hydrogens is 472 g/mol. The minimum absolute atomic E-state index is 0.141. The molecule has 0 bridgehead atoms. The van der Waals surface area contributed by atoms with Crippen LogP contribution in [0.15, 0.2) is 23.8 Å². The minimum atomic E-state index is 0.141. The Bertz CT molecular complexity index is 1170. The number of piperidine rings is 1. The lowest BCUT2D eigenvalue weighted by molar-refractivity contribution is 0.0723. The molecule has 1 saturated heterocycles. The lowest BCUT2D eigenvalue weighted by atomic mass is 9.92. The van der Waals surface area contributed by atoms with Crippen LogP contribution in [0, 0.1) is 0 Å². The van der Waals surface area contributed by atoms with Crippen LogP contribution < -0.4 is 16.4 Å². The number of carbonyl (C=O) groups excluding carboxylic acids is 1. The third kappa shape index (κ3) is 4.93. The second-order valence-electron chi connectivity index (χ2n) is 10.6. The van der Waals surface area contributed by atoms with Crippen molar-refractivity contribution in [3.05, 3.63) is 28.7 Å². The number of nitrogens with zero attached hydrogens (tertiary/aromatic N) is 5. The van der Waals surface area contributed by atoms with Crippen molar-refractivity contribution in [2.24, 2.45) is 5.73 Å². The summed E-state index contributed by atoms with van der Waals surface area (Å²) < 4.78 is 2.26. The zero-order valence-electron chi connectivity index (χ0n) is 20.7. The van der Waals surface area contributed by atoms with Gasteiger partial charge in [-0.25, -0.2) is 4.98 Å². The summed E-state index contributed by atoms with van der Waals surface area (Å²) in [6.45, 7) is 1.49. The number of nitrogens with two attached hydrogens (primary N) is 1. The summed E-state index contributed by atoms with van der Waals surface area (Å²) >= 11 is 1.51. The molecule has 6 rings (SSSR count). The Balaban J connectivity index is 1.21. The molecule has 1 amide bonds. The molecule has 3 fully saturated rings. The number of thiophene rings is 1. The Morgan fingerprint density at radius 3 is 2.44 bits per heavy atom. The quantitative estimate of drug-likeness (QED) is 0.452. The Kier molecular flexibility index (Phi) is 6.79. The predicted octanol–water partition coefficient (Wildman–Crippen LogP) is 4.40. The first-order valence-electron chi connectivity index (χ1n) is 13.5. The van der Waals surface area contributed by atoms with Crippen molar-refractivity contribution < 1.29 is 4.79 Å².